The minimum Gasteiger partial charge on any atom is -0.445 e. The van der Waals surface area contributed by atoms with Gasteiger partial charge in [0.2, 0.25) is 0 Å². The lowest BCUT2D eigenvalue weighted by molar-refractivity contribution is 0.0753. The number of hydrogen-bond acceptors (Lipinski definition) is 6. The Bertz CT molecular complexity index is 590. The van der Waals surface area contributed by atoms with E-state index in [0.29, 0.717) is 0 Å². The molecule has 110 valence electrons. The summed E-state index contributed by atoms with van der Waals surface area (Å²) in [6.07, 6.45) is 0. The first-order valence-corrected chi connectivity index (χ1v) is 9.45. The first-order chi connectivity index (χ1) is 9.32. The molecule has 0 saturated heterocycles. The minimum atomic E-state index is -4.79. The highest BCUT2D eigenvalue weighted by atomic mass is 32.2. The molecule has 1 rings (SSSR count). The van der Waals surface area contributed by atoms with E-state index in [9.17, 15) is 22.6 Å². The van der Waals surface area contributed by atoms with Gasteiger partial charge in [-0.2, -0.15) is 8.42 Å². The second-order valence-corrected chi connectivity index (χ2v) is 5.93. The molecule has 7 nitrogen and oxygen atoms in total. The molecular weight excluding hydrogens is 326 g/mol. The lowest BCUT2D eigenvalue weighted by Crippen LogP contribution is -2.15. The summed E-state index contributed by atoms with van der Waals surface area (Å²) in [5.41, 5.74) is -0.813. The molecule has 0 aromatic heterocycles. The van der Waals surface area contributed by atoms with Gasteiger partial charge in [-0.3, -0.25) is 4.55 Å². The lowest BCUT2D eigenvalue weighted by atomic mass is 10.1. The van der Waals surface area contributed by atoms with E-state index in [1.165, 1.54) is 6.07 Å². The molecule has 20 heavy (non-hydrogen) atoms. The summed E-state index contributed by atoms with van der Waals surface area (Å²) in [7, 11) is -5.20. The largest absolute Gasteiger partial charge is 0.445 e. The van der Waals surface area contributed by atoms with Crippen molar-refractivity contribution in [3.8, 4) is 0 Å². The Balaban J connectivity index is 3.51. The molecule has 0 aliphatic carbocycles. The number of benzene rings is 1. The smallest absolute Gasteiger partial charge is 0.341 e. The van der Waals surface area contributed by atoms with Crippen molar-refractivity contribution in [2.24, 2.45) is 0 Å². The molecule has 2 atom stereocenters. The van der Waals surface area contributed by atoms with Crippen molar-refractivity contribution in [3.63, 3.8) is 0 Å². The van der Waals surface area contributed by atoms with Gasteiger partial charge in [-0.25, -0.2) is 9.59 Å². The maximum atomic E-state index is 11.7. The fourth-order valence-corrected chi connectivity index (χ4v) is 2.88. The average molecular weight is 338 g/mol. The molecule has 0 aliphatic heterocycles. The molecule has 1 aromatic carbocycles. The van der Waals surface area contributed by atoms with Gasteiger partial charge in [0.05, 0.1) is 28.7 Å². The van der Waals surface area contributed by atoms with E-state index in [4.69, 9.17) is 9.05 Å². The third kappa shape index (κ3) is 3.96. The fraction of sp³-hybridized carbons (Fsp3) is 0.200. The van der Waals surface area contributed by atoms with Crippen LogP contribution in [-0.2, 0) is 19.2 Å². The first kappa shape index (κ1) is 17.0. The van der Waals surface area contributed by atoms with E-state index in [2.05, 4.69) is 0 Å². The summed E-state index contributed by atoms with van der Waals surface area (Å²) in [5.74, 6) is -1.88. The Morgan fingerprint density at radius 1 is 1.05 bits per heavy atom. The maximum Gasteiger partial charge on any atom is 0.341 e. The zero-order valence-corrected chi connectivity index (χ0v) is 13.4. The van der Waals surface area contributed by atoms with Gasteiger partial charge >= 0.3 is 11.9 Å². The van der Waals surface area contributed by atoms with Crippen molar-refractivity contribution in [3.05, 3.63) is 29.3 Å². The summed E-state index contributed by atoms with van der Waals surface area (Å²) in [6.45, 7) is 3.14. The maximum absolute atomic E-state index is 11.7. The number of carbonyl (C=O) groups excluding carboxylic acids is 2. The van der Waals surface area contributed by atoms with E-state index in [1.54, 1.807) is 13.3 Å². The highest BCUT2D eigenvalue weighted by molar-refractivity contribution is 7.86. The zero-order chi connectivity index (χ0) is 15.3. The second-order valence-electron chi connectivity index (χ2n) is 3.34. The molecule has 0 radical (unpaired) electrons. The molecule has 0 amide bonds. The van der Waals surface area contributed by atoms with Crippen LogP contribution in [0.2, 0.25) is 0 Å². The van der Waals surface area contributed by atoms with Gasteiger partial charge in [0, 0.05) is 0 Å². The molecule has 0 fully saturated rings. The van der Waals surface area contributed by atoms with Crippen LogP contribution in [0.25, 0.3) is 0 Å². The molecule has 0 aliphatic rings. The van der Waals surface area contributed by atoms with Crippen LogP contribution < -0.4 is 0 Å². The Labute approximate surface area is 119 Å². The van der Waals surface area contributed by atoms with Crippen molar-refractivity contribution in [2.45, 2.75) is 4.90 Å². The number of carbonyl (C=O) groups is 2. The molecular formula is C10H12O7P2S. The molecule has 10 heteroatoms. The molecule has 0 bridgehead atoms. The predicted octanol–water partition coefficient (Wildman–Crippen LogP) is 1.69. The predicted molar refractivity (Wildman–Crippen MR) is 75.6 cm³/mol. The SMILES string of the molecule is CPOC(=O)c1cccc(C(=O)OPC)c1S(=O)(=O)O. The third-order valence-corrected chi connectivity index (χ3v) is 3.84. The third-order valence-electron chi connectivity index (χ3n) is 2.10. The summed E-state index contributed by atoms with van der Waals surface area (Å²) < 4.78 is 41.6. The summed E-state index contributed by atoms with van der Waals surface area (Å²) in [6, 6.07) is 3.60. The van der Waals surface area contributed by atoms with Crippen LogP contribution in [0.15, 0.2) is 23.1 Å². The zero-order valence-electron chi connectivity index (χ0n) is 10.5. The first-order valence-electron chi connectivity index (χ1n) is 5.19. The highest BCUT2D eigenvalue weighted by Crippen LogP contribution is 2.25. The molecule has 1 aromatic rings. The van der Waals surface area contributed by atoms with Crippen LogP contribution in [0.4, 0.5) is 0 Å². The molecule has 0 saturated carbocycles. The van der Waals surface area contributed by atoms with Gasteiger partial charge in [0.25, 0.3) is 10.1 Å². The van der Waals surface area contributed by atoms with Gasteiger partial charge in [0.15, 0.2) is 0 Å². The van der Waals surface area contributed by atoms with Crippen molar-refractivity contribution in [1.29, 1.82) is 0 Å². The second kappa shape index (κ2) is 7.09. The van der Waals surface area contributed by atoms with E-state index in [1.807, 2.05) is 0 Å². The van der Waals surface area contributed by atoms with Crippen LogP contribution in [-0.4, -0.2) is 38.2 Å². The summed E-state index contributed by atoms with van der Waals surface area (Å²) in [4.78, 5) is 22.6. The van der Waals surface area contributed by atoms with Crippen LogP contribution in [0.1, 0.15) is 20.7 Å². The Morgan fingerprint density at radius 2 is 1.45 bits per heavy atom. The quantitative estimate of drug-likeness (QED) is 0.643. The van der Waals surface area contributed by atoms with E-state index >= 15 is 0 Å². The highest BCUT2D eigenvalue weighted by Gasteiger charge is 2.28. The van der Waals surface area contributed by atoms with Crippen molar-refractivity contribution in [1.82, 2.24) is 0 Å². The Hall–Kier alpha value is -1.07. The van der Waals surface area contributed by atoms with E-state index in [0.717, 1.165) is 12.1 Å². The Morgan fingerprint density at radius 3 is 1.75 bits per heavy atom. The van der Waals surface area contributed by atoms with Crippen LogP contribution in [0.3, 0.4) is 0 Å². The fourth-order valence-electron chi connectivity index (χ4n) is 1.43. The molecule has 0 spiro atoms. The van der Waals surface area contributed by atoms with E-state index < -0.39 is 38.1 Å². The van der Waals surface area contributed by atoms with Gasteiger partial charge in [-0.15, -0.1) is 0 Å². The normalized spacial score (nSPS) is 12.2. The van der Waals surface area contributed by atoms with Gasteiger partial charge in [-0.05, 0) is 25.5 Å². The van der Waals surface area contributed by atoms with Gasteiger partial charge < -0.3 is 9.05 Å². The Kier molecular flexibility index (Phi) is 6.02. The topological polar surface area (TPSA) is 107 Å². The molecule has 1 N–H and O–H groups in total. The minimum absolute atomic E-state index is 0.206. The van der Waals surface area contributed by atoms with Crippen molar-refractivity contribution >= 4 is 39.7 Å². The molecule has 2 unspecified atom stereocenters. The van der Waals surface area contributed by atoms with E-state index in [-0.39, 0.29) is 17.6 Å². The van der Waals surface area contributed by atoms with Gasteiger partial charge in [-0.1, -0.05) is 6.07 Å². The van der Waals surface area contributed by atoms with Gasteiger partial charge in [0.1, 0.15) is 4.90 Å². The van der Waals surface area contributed by atoms with Crippen LogP contribution in [0, 0.1) is 0 Å². The standard InChI is InChI=1S/C10H12O7P2S/c1-18-16-9(11)6-4-3-5-7(10(12)17-19-2)8(6)20(13,14)15/h3-5,18-19H,1-2H3,(H,13,14,15). The van der Waals surface area contributed by atoms with Crippen LogP contribution in [0.5, 0.6) is 0 Å². The van der Waals surface area contributed by atoms with Crippen molar-refractivity contribution < 1.29 is 31.6 Å². The summed E-state index contributed by atoms with van der Waals surface area (Å²) in [5, 5.41) is 0. The average Bonchev–Trinajstić information content (AvgIpc) is 2.37. The number of hydrogen-bond donors (Lipinski definition) is 1. The van der Waals surface area contributed by atoms with Crippen molar-refractivity contribution in [2.75, 3.05) is 13.3 Å². The number of rotatable bonds is 5. The lowest BCUT2D eigenvalue weighted by Gasteiger charge is -2.10. The summed E-state index contributed by atoms with van der Waals surface area (Å²) >= 11 is 0. The van der Waals surface area contributed by atoms with Crippen LogP contribution >= 0.6 is 17.6 Å². The monoisotopic (exact) mass is 338 g/mol. The molecule has 0 heterocycles.